The third-order valence-electron chi connectivity index (χ3n) is 8.54. The van der Waals surface area contributed by atoms with Crippen LogP contribution in [0.25, 0.3) is 0 Å². The van der Waals surface area contributed by atoms with Crippen molar-refractivity contribution in [2.45, 2.75) is 95.7 Å². The van der Waals surface area contributed by atoms with Crippen LogP contribution < -0.4 is 20.3 Å². The lowest BCUT2D eigenvalue weighted by Crippen LogP contribution is -2.54. The molecule has 1 saturated heterocycles. The van der Waals surface area contributed by atoms with E-state index in [1.165, 1.54) is 19.3 Å². The van der Waals surface area contributed by atoms with Gasteiger partial charge in [0.05, 0.1) is 23.6 Å². The van der Waals surface area contributed by atoms with Crippen molar-refractivity contribution in [2.75, 3.05) is 35.0 Å². The summed E-state index contributed by atoms with van der Waals surface area (Å²) in [6.45, 7) is 5.80. The largest absolute Gasteiger partial charge is 0.390 e. The van der Waals surface area contributed by atoms with Gasteiger partial charge in [0.15, 0.2) is 0 Å². The maximum Gasteiger partial charge on any atom is 0.251 e. The summed E-state index contributed by atoms with van der Waals surface area (Å²) in [7, 11) is -2.93. The van der Waals surface area contributed by atoms with Crippen molar-refractivity contribution in [3.63, 3.8) is 0 Å². The van der Waals surface area contributed by atoms with Crippen LogP contribution in [0, 0.1) is 0 Å². The van der Waals surface area contributed by atoms with Crippen molar-refractivity contribution >= 4 is 28.1 Å². The van der Waals surface area contributed by atoms with E-state index in [0.29, 0.717) is 43.1 Å². The van der Waals surface area contributed by atoms with Gasteiger partial charge in [-0.1, -0.05) is 62.9 Å². The molecule has 4 rings (SSSR count). The van der Waals surface area contributed by atoms with Crippen molar-refractivity contribution in [3.8, 4) is 0 Å². The molecule has 8 nitrogen and oxygen atoms in total. The molecular formula is C32H50N4O4S. The van der Waals surface area contributed by atoms with Gasteiger partial charge in [-0.2, -0.15) is 0 Å². The van der Waals surface area contributed by atoms with Gasteiger partial charge in [-0.15, -0.1) is 10.8 Å². The second-order valence-corrected chi connectivity index (χ2v) is 13.9. The standard InChI is InChI=1S/C32H50N4O4S/c1-3-15-32(16-9-6-10-17-32)34-24-30(37)29(20-25-13-7-5-8-14-25)35-31(38)26-21-27(33-4-2)23-28(22-26)36-18-11-12-19-41(36,39)40/h5,7-8,13-14,21-23,29-30,33-34,37,39-40H,3-4,6,9-12,15-20,24H2,1-2H3,(H,35,38)/t29-,30-/m0/s1. The van der Waals surface area contributed by atoms with Crippen LogP contribution in [0.5, 0.6) is 0 Å². The summed E-state index contributed by atoms with van der Waals surface area (Å²) in [5, 5.41) is 21.6. The molecule has 2 aliphatic rings. The number of benzene rings is 2. The molecule has 0 unspecified atom stereocenters. The second-order valence-electron chi connectivity index (χ2n) is 11.8. The lowest BCUT2D eigenvalue weighted by molar-refractivity contribution is 0.0784. The molecule has 2 aromatic rings. The van der Waals surface area contributed by atoms with Gasteiger partial charge in [-0.05, 0) is 69.2 Å². The highest BCUT2D eigenvalue weighted by molar-refractivity contribution is 8.25. The lowest BCUT2D eigenvalue weighted by Gasteiger charge is -2.47. The Labute approximate surface area is 247 Å². The third-order valence-corrected chi connectivity index (χ3v) is 10.5. The first-order chi connectivity index (χ1) is 19.7. The average Bonchev–Trinajstić information content (AvgIpc) is 2.96. The Balaban J connectivity index is 1.55. The minimum Gasteiger partial charge on any atom is -0.390 e. The van der Waals surface area contributed by atoms with E-state index in [2.05, 4.69) is 22.9 Å². The fraction of sp³-hybridized carbons (Fsp3) is 0.594. The van der Waals surface area contributed by atoms with E-state index in [1.807, 2.05) is 43.3 Å². The number of aliphatic hydroxyl groups is 1. The normalized spacial score (nSPS) is 20.6. The number of carbonyl (C=O) groups is 1. The Morgan fingerprint density at radius 2 is 1.78 bits per heavy atom. The van der Waals surface area contributed by atoms with Gasteiger partial charge in [-0.25, -0.2) is 0 Å². The molecule has 1 aliphatic carbocycles. The number of nitrogens with one attached hydrogen (secondary N) is 3. The van der Waals surface area contributed by atoms with Crippen LogP contribution in [0.4, 0.5) is 11.4 Å². The first kappa shape index (κ1) is 31.6. The molecule has 0 aromatic heterocycles. The highest BCUT2D eigenvalue weighted by Gasteiger charge is 2.33. The van der Waals surface area contributed by atoms with Crippen LogP contribution >= 0.6 is 10.8 Å². The van der Waals surface area contributed by atoms with E-state index in [4.69, 9.17) is 0 Å². The van der Waals surface area contributed by atoms with Crippen molar-refractivity contribution in [1.82, 2.24) is 10.6 Å². The highest BCUT2D eigenvalue weighted by atomic mass is 32.3. The third kappa shape index (κ3) is 8.61. The predicted octanol–water partition coefficient (Wildman–Crippen LogP) is 6.18. The quantitative estimate of drug-likeness (QED) is 0.166. The smallest absolute Gasteiger partial charge is 0.251 e. The number of carbonyl (C=O) groups excluding carboxylic acids is 1. The lowest BCUT2D eigenvalue weighted by atomic mass is 9.78. The maximum absolute atomic E-state index is 13.8. The molecular weight excluding hydrogens is 536 g/mol. The van der Waals surface area contributed by atoms with Crippen molar-refractivity contribution in [3.05, 3.63) is 59.7 Å². The summed E-state index contributed by atoms with van der Waals surface area (Å²) in [6, 6.07) is 14.8. The van der Waals surface area contributed by atoms with E-state index in [9.17, 15) is 19.0 Å². The Kier molecular flexibility index (Phi) is 11.4. The Bertz CT molecular complexity index is 1100. The minimum atomic E-state index is -2.93. The van der Waals surface area contributed by atoms with E-state index in [1.54, 1.807) is 16.4 Å². The van der Waals surface area contributed by atoms with Crippen LogP contribution in [0.15, 0.2) is 48.5 Å². The molecule has 2 aromatic carbocycles. The molecule has 0 radical (unpaired) electrons. The first-order valence-electron chi connectivity index (χ1n) is 15.5. The number of nitrogens with zero attached hydrogens (tertiary/aromatic N) is 1. The molecule has 1 saturated carbocycles. The van der Waals surface area contributed by atoms with Crippen LogP contribution in [0.1, 0.15) is 87.6 Å². The molecule has 1 amide bonds. The fourth-order valence-electron chi connectivity index (χ4n) is 6.39. The van der Waals surface area contributed by atoms with E-state index in [0.717, 1.165) is 49.8 Å². The van der Waals surface area contributed by atoms with Crippen LogP contribution in [0.2, 0.25) is 0 Å². The van der Waals surface area contributed by atoms with Crippen molar-refractivity contribution < 1.29 is 19.0 Å². The summed E-state index contributed by atoms with van der Waals surface area (Å²) in [5.74, 6) is 0.0399. The van der Waals surface area contributed by atoms with Gasteiger partial charge < -0.3 is 21.1 Å². The number of β-amino-alcohol motifs (C(OH)–C–C–N with tert-alkyl or cyclic N) is 1. The summed E-state index contributed by atoms with van der Waals surface area (Å²) in [5.41, 5.74) is 2.89. The summed E-state index contributed by atoms with van der Waals surface area (Å²) < 4.78 is 23.1. The average molecular weight is 587 g/mol. The zero-order valence-electron chi connectivity index (χ0n) is 24.8. The van der Waals surface area contributed by atoms with E-state index < -0.39 is 22.9 Å². The monoisotopic (exact) mass is 586 g/mol. The zero-order chi connectivity index (χ0) is 29.3. The first-order valence-corrected chi connectivity index (χ1v) is 17.1. The van der Waals surface area contributed by atoms with Gasteiger partial charge in [0, 0.05) is 36.4 Å². The summed E-state index contributed by atoms with van der Waals surface area (Å²) in [4.78, 5) is 13.8. The van der Waals surface area contributed by atoms with Gasteiger partial charge in [0.2, 0.25) is 0 Å². The molecule has 1 heterocycles. The Morgan fingerprint density at radius 3 is 2.46 bits per heavy atom. The van der Waals surface area contributed by atoms with Gasteiger partial charge in [0.1, 0.15) is 0 Å². The second kappa shape index (κ2) is 14.7. The van der Waals surface area contributed by atoms with E-state index in [-0.39, 0.29) is 11.4 Å². The predicted molar refractivity (Wildman–Crippen MR) is 171 cm³/mol. The van der Waals surface area contributed by atoms with E-state index >= 15 is 0 Å². The Morgan fingerprint density at radius 1 is 1.02 bits per heavy atom. The molecule has 2 atom stereocenters. The molecule has 0 spiro atoms. The molecule has 1 aliphatic heterocycles. The molecule has 228 valence electrons. The molecule has 6 N–H and O–H groups in total. The van der Waals surface area contributed by atoms with Gasteiger partial charge in [-0.3, -0.25) is 18.2 Å². The topological polar surface area (TPSA) is 117 Å². The number of hydrogen-bond donors (Lipinski definition) is 6. The van der Waals surface area contributed by atoms with Gasteiger partial charge >= 0.3 is 0 Å². The van der Waals surface area contributed by atoms with Crippen LogP contribution in [-0.4, -0.2) is 63.2 Å². The summed E-state index contributed by atoms with van der Waals surface area (Å²) >= 11 is 0. The number of amides is 1. The SMILES string of the molecule is CCCC1(NC[C@H](O)[C@H](Cc2ccccc2)NC(=O)c2cc(NCC)cc(N3CCCCS3(O)O)c2)CCCCC1. The van der Waals surface area contributed by atoms with Crippen LogP contribution in [-0.2, 0) is 6.42 Å². The number of anilines is 2. The molecule has 2 fully saturated rings. The maximum atomic E-state index is 13.8. The number of aliphatic hydroxyl groups excluding tert-OH is 1. The fourth-order valence-corrected chi connectivity index (χ4v) is 8.06. The Hall–Kier alpha value is -2.30. The molecule has 0 bridgehead atoms. The summed E-state index contributed by atoms with van der Waals surface area (Å²) in [6.07, 6.45) is 9.47. The molecule has 9 heteroatoms. The van der Waals surface area contributed by atoms with Crippen LogP contribution in [0.3, 0.4) is 0 Å². The van der Waals surface area contributed by atoms with Gasteiger partial charge in [0.25, 0.3) is 5.91 Å². The highest BCUT2D eigenvalue weighted by Crippen LogP contribution is 2.50. The number of rotatable bonds is 13. The zero-order valence-corrected chi connectivity index (χ0v) is 25.6. The number of hydrogen-bond acceptors (Lipinski definition) is 7. The molecule has 41 heavy (non-hydrogen) atoms. The van der Waals surface area contributed by atoms with Crippen molar-refractivity contribution in [1.29, 1.82) is 0 Å². The van der Waals surface area contributed by atoms with Crippen molar-refractivity contribution in [2.24, 2.45) is 0 Å². The minimum absolute atomic E-state index is 0.0577.